The molecule has 0 spiro atoms. The van der Waals surface area contributed by atoms with Crippen molar-refractivity contribution in [2.24, 2.45) is 5.92 Å². The molecular weight excluding hydrogens is 336 g/mol. The first kappa shape index (κ1) is 17.6. The Morgan fingerprint density at radius 1 is 1.15 bits per heavy atom. The number of likely N-dealkylation sites (tertiary alicyclic amines) is 1. The Bertz CT molecular complexity index is 865. The number of benzene rings is 2. The van der Waals surface area contributed by atoms with Crippen LogP contribution in [-0.2, 0) is 4.79 Å². The predicted molar refractivity (Wildman–Crippen MR) is 94.0 cm³/mol. The molecule has 0 aliphatic carbocycles. The molecule has 3 rings (SSSR count). The first-order valence-electron chi connectivity index (χ1n) is 8.20. The second-order valence-electron chi connectivity index (χ2n) is 6.43. The van der Waals surface area contributed by atoms with Gasteiger partial charge in [0.05, 0.1) is 10.8 Å². The zero-order valence-electron chi connectivity index (χ0n) is 14.2. The third kappa shape index (κ3) is 3.28. The van der Waals surface area contributed by atoms with Crippen LogP contribution in [0.2, 0.25) is 0 Å². The highest BCUT2D eigenvalue weighted by Gasteiger charge is 2.41. The number of nitrogens with zero attached hydrogens (tertiary/aromatic N) is 2. The van der Waals surface area contributed by atoms with Crippen molar-refractivity contribution >= 4 is 17.6 Å². The average molecular weight is 354 g/mol. The third-order valence-electron chi connectivity index (χ3n) is 4.81. The Morgan fingerprint density at radius 2 is 1.85 bits per heavy atom. The van der Waals surface area contributed by atoms with Crippen molar-refractivity contribution in [3.8, 4) is 0 Å². The zero-order chi connectivity index (χ0) is 18.8. The molecule has 0 radical (unpaired) electrons. The SMILES string of the molecule is Cc1ccc([N+](=O)[O-])cc1C(=O)N1C[C@H](C(=O)O)[C@H](c2ccccc2)C1. The Kier molecular flexibility index (Phi) is 4.71. The molecule has 1 aliphatic rings. The van der Waals surface area contributed by atoms with Crippen molar-refractivity contribution in [1.29, 1.82) is 0 Å². The third-order valence-corrected chi connectivity index (χ3v) is 4.81. The molecule has 134 valence electrons. The topological polar surface area (TPSA) is 101 Å². The fraction of sp³-hybridized carbons (Fsp3) is 0.263. The molecule has 1 amide bonds. The van der Waals surface area contributed by atoms with Gasteiger partial charge in [0.25, 0.3) is 11.6 Å². The van der Waals surface area contributed by atoms with E-state index in [9.17, 15) is 24.8 Å². The Balaban J connectivity index is 1.91. The Morgan fingerprint density at radius 3 is 2.46 bits per heavy atom. The number of carboxylic acid groups (broad SMARTS) is 1. The molecule has 1 fully saturated rings. The van der Waals surface area contributed by atoms with Crippen LogP contribution in [0.25, 0.3) is 0 Å². The normalized spacial score (nSPS) is 19.3. The van der Waals surface area contributed by atoms with E-state index in [1.54, 1.807) is 6.92 Å². The lowest BCUT2D eigenvalue weighted by molar-refractivity contribution is -0.384. The lowest BCUT2D eigenvalue weighted by Gasteiger charge is -2.17. The molecule has 1 aliphatic heterocycles. The summed E-state index contributed by atoms with van der Waals surface area (Å²) < 4.78 is 0. The van der Waals surface area contributed by atoms with Gasteiger partial charge in [0.2, 0.25) is 0 Å². The zero-order valence-corrected chi connectivity index (χ0v) is 14.2. The van der Waals surface area contributed by atoms with Crippen LogP contribution in [0, 0.1) is 23.0 Å². The van der Waals surface area contributed by atoms with Crippen LogP contribution in [0.4, 0.5) is 5.69 Å². The molecule has 1 heterocycles. The maximum Gasteiger partial charge on any atom is 0.308 e. The minimum atomic E-state index is -0.954. The van der Waals surface area contributed by atoms with Crippen molar-refractivity contribution in [3.63, 3.8) is 0 Å². The monoisotopic (exact) mass is 354 g/mol. The lowest BCUT2D eigenvalue weighted by Crippen LogP contribution is -2.30. The molecule has 0 aromatic heterocycles. The summed E-state index contributed by atoms with van der Waals surface area (Å²) in [5.41, 5.74) is 1.56. The number of aliphatic carboxylic acids is 1. The predicted octanol–water partition coefficient (Wildman–Crippen LogP) is 2.84. The highest BCUT2D eigenvalue weighted by molar-refractivity contribution is 5.97. The molecule has 2 aromatic carbocycles. The molecule has 2 aromatic rings. The van der Waals surface area contributed by atoms with Gasteiger partial charge in [0.15, 0.2) is 0 Å². The van der Waals surface area contributed by atoms with E-state index in [-0.39, 0.29) is 36.2 Å². The minimum Gasteiger partial charge on any atom is -0.481 e. The number of aryl methyl sites for hydroxylation is 1. The maximum atomic E-state index is 12.9. The van der Waals surface area contributed by atoms with Crippen LogP contribution in [-0.4, -0.2) is 39.9 Å². The molecule has 2 atom stereocenters. The fourth-order valence-corrected chi connectivity index (χ4v) is 3.38. The van der Waals surface area contributed by atoms with Gasteiger partial charge in [0, 0.05) is 36.7 Å². The van der Waals surface area contributed by atoms with Crippen LogP contribution < -0.4 is 0 Å². The number of amides is 1. The summed E-state index contributed by atoms with van der Waals surface area (Å²) in [6.07, 6.45) is 0. The van der Waals surface area contributed by atoms with Crippen molar-refractivity contribution in [2.75, 3.05) is 13.1 Å². The average Bonchev–Trinajstić information content (AvgIpc) is 3.08. The quantitative estimate of drug-likeness (QED) is 0.672. The van der Waals surface area contributed by atoms with E-state index in [1.807, 2.05) is 30.3 Å². The number of hydrogen-bond donors (Lipinski definition) is 1. The number of nitro groups is 1. The van der Waals surface area contributed by atoms with E-state index < -0.39 is 16.8 Å². The molecule has 26 heavy (non-hydrogen) atoms. The van der Waals surface area contributed by atoms with E-state index in [0.717, 1.165) is 5.56 Å². The number of carboxylic acids is 1. The van der Waals surface area contributed by atoms with Gasteiger partial charge in [-0.1, -0.05) is 36.4 Å². The van der Waals surface area contributed by atoms with Gasteiger partial charge < -0.3 is 10.0 Å². The van der Waals surface area contributed by atoms with Crippen molar-refractivity contribution in [2.45, 2.75) is 12.8 Å². The largest absolute Gasteiger partial charge is 0.481 e. The van der Waals surface area contributed by atoms with Gasteiger partial charge in [-0.25, -0.2) is 0 Å². The lowest BCUT2D eigenvalue weighted by atomic mass is 9.89. The van der Waals surface area contributed by atoms with E-state index in [4.69, 9.17) is 0 Å². The van der Waals surface area contributed by atoms with E-state index in [1.165, 1.54) is 23.1 Å². The summed E-state index contributed by atoms with van der Waals surface area (Å²) in [6.45, 7) is 2.05. The van der Waals surface area contributed by atoms with Crippen molar-refractivity contribution < 1.29 is 19.6 Å². The minimum absolute atomic E-state index is 0.0792. The van der Waals surface area contributed by atoms with Crippen LogP contribution in [0.15, 0.2) is 48.5 Å². The second kappa shape index (κ2) is 6.95. The highest BCUT2D eigenvalue weighted by Crippen LogP contribution is 2.34. The van der Waals surface area contributed by atoms with E-state index in [0.29, 0.717) is 5.56 Å². The van der Waals surface area contributed by atoms with Crippen molar-refractivity contribution in [3.05, 3.63) is 75.3 Å². The molecule has 1 N–H and O–H groups in total. The summed E-state index contributed by atoms with van der Waals surface area (Å²) in [7, 11) is 0. The standard InChI is InChI=1S/C19H18N2O5/c1-12-7-8-14(21(25)26)9-15(12)18(22)20-10-16(17(11-20)19(23)24)13-5-3-2-4-6-13/h2-9,16-17H,10-11H2,1H3,(H,23,24)/t16-,17-/m0/s1. The highest BCUT2D eigenvalue weighted by atomic mass is 16.6. The first-order chi connectivity index (χ1) is 12.4. The summed E-state index contributed by atoms with van der Waals surface area (Å²) >= 11 is 0. The van der Waals surface area contributed by atoms with Crippen LogP contribution in [0.5, 0.6) is 0 Å². The molecule has 0 bridgehead atoms. The first-order valence-corrected chi connectivity index (χ1v) is 8.20. The number of carbonyl (C=O) groups excluding carboxylic acids is 1. The van der Waals surface area contributed by atoms with Gasteiger partial charge in [-0.3, -0.25) is 19.7 Å². The molecule has 0 unspecified atom stereocenters. The molecule has 7 nitrogen and oxygen atoms in total. The summed E-state index contributed by atoms with van der Waals surface area (Å²) in [5.74, 6) is -2.35. The van der Waals surface area contributed by atoms with E-state index in [2.05, 4.69) is 0 Å². The Labute approximate surface area is 150 Å². The van der Waals surface area contributed by atoms with Gasteiger partial charge >= 0.3 is 5.97 Å². The number of rotatable bonds is 4. The second-order valence-corrected chi connectivity index (χ2v) is 6.43. The number of nitro benzene ring substituents is 1. The molecule has 1 saturated heterocycles. The Hall–Kier alpha value is -3.22. The smallest absolute Gasteiger partial charge is 0.308 e. The van der Waals surface area contributed by atoms with Crippen LogP contribution in [0.1, 0.15) is 27.4 Å². The number of carbonyl (C=O) groups is 2. The van der Waals surface area contributed by atoms with Crippen LogP contribution in [0.3, 0.4) is 0 Å². The number of hydrogen-bond acceptors (Lipinski definition) is 4. The van der Waals surface area contributed by atoms with Gasteiger partial charge in [0.1, 0.15) is 0 Å². The van der Waals surface area contributed by atoms with Gasteiger partial charge in [-0.2, -0.15) is 0 Å². The van der Waals surface area contributed by atoms with Gasteiger partial charge in [-0.05, 0) is 18.1 Å². The van der Waals surface area contributed by atoms with Crippen molar-refractivity contribution in [1.82, 2.24) is 4.90 Å². The summed E-state index contributed by atoms with van der Waals surface area (Å²) in [6, 6.07) is 13.4. The number of non-ortho nitro benzene ring substituents is 1. The molecular formula is C19H18N2O5. The summed E-state index contributed by atoms with van der Waals surface area (Å²) in [5, 5.41) is 20.5. The van der Waals surface area contributed by atoms with Crippen LogP contribution >= 0.6 is 0 Å². The van der Waals surface area contributed by atoms with E-state index >= 15 is 0 Å². The maximum absolute atomic E-state index is 12.9. The van der Waals surface area contributed by atoms with Gasteiger partial charge in [-0.15, -0.1) is 0 Å². The fourth-order valence-electron chi connectivity index (χ4n) is 3.38. The molecule has 0 saturated carbocycles. The summed E-state index contributed by atoms with van der Waals surface area (Å²) in [4.78, 5) is 36.5. The molecule has 7 heteroatoms.